The lowest BCUT2D eigenvalue weighted by atomic mass is 9.48. The van der Waals surface area contributed by atoms with E-state index >= 15 is 0 Å². The molecule has 43 heteroatoms. The molecule has 0 N–H and O–H groups in total. The molecule has 28 aliphatic carbocycles. The number of allylic oxidation sites excluding steroid dienone is 14. The minimum atomic E-state index is -6.79. The second-order valence-electron chi connectivity index (χ2n) is 47.6. The molecule has 0 aromatic rings. The minimum absolute atomic E-state index is 0.0140. The van der Waals surface area contributed by atoms with Gasteiger partial charge in [-0.1, -0.05) is 92.0 Å². The van der Waals surface area contributed by atoms with Gasteiger partial charge in [-0.2, -0.15) is 176 Å². The van der Waals surface area contributed by atoms with Crippen LogP contribution in [0, 0.1) is 293 Å². The summed E-state index contributed by atoms with van der Waals surface area (Å²) in [5, 5.41) is 0. The van der Waals surface area contributed by atoms with Crippen LogP contribution in [0.1, 0.15) is 110 Å². The van der Waals surface area contributed by atoms with Crippen molar-refractivity contribution in [1.29, 1.82) is 0 Å². The average molecular weight is 2080 g/mol. The zero-order chi connectivity index (χ0) is 102. The molecular formula is C97H95F43. The first-order valence-corrected chi connectivity index (χ1v) is 48.4. The molecule has 0 amide bonds. The summed E-state index contributed by atoms with van der Waals surface area (Å²) in [6.45, 7) is 1.48. The molecule has 0 nitrogen and oxygen atoms in total. The van der Waals surface area contributed by atoms with E-state index in [1.54, 1.807) is 12.2 Å². The maximum absolute atomic E-state index is 13.9. The van der Waals surface area contributed by atoms with Crippen LogP contribution in [0.25, 0.3) is 0 Å². The molecule has 21 fully saturated rings. The fourth-order valence-corrected chi connectivity index (χ4v) is 41.0. The van der Waals surface area contributed by atoms with Gasteiger partial charge in [-0.15, -0.1) is 0 Å². The van der Waals surface area contributed by atoms with E-state index in [-0.39, 0.29) is 120 Å². The van der Waals surface area contributed by atoms with Crippen LogP contribution >= 0.6 is 0 Å². The van der Waals surface area contributed by atoms with Gasteiger partial charge in [0.25, 0.3) is 5.92 Å². The Bertz CT molecular complexity index is 4890. The van der Waals surface area contributed by atoms with Gasteiger partial charge < -0.3 is 0 Å². The minimum Gasteiger partial charge on any atom is -0.241 e. The largest absolute Gasteiger partial charge is 0.404 e. The molecule has 140 heavy (non-hydrogen) atoms. The van der Waals surface area contributed by atoms with Crippen molar-refractivity contribution in [3.05, 3.63) is 85.1 Å². The van der Waals surface area contributed by atoms with Crippen molar-refractivity contribution >= 4 is 0 Å². The van der Waals surface area contributed by atoms with Crippen LogP contribution in [0.2, 0.25) is 0 Å². The van der Waals surface area contributed by atoms with Crippen LogP contribution in [-0.4, -0.2) is 98.1 Å². The predicted octanol–water partition coefficient (Wildman–Crippen LogP) is 31.1. The third kappa shape index (κ3) is 12.4. The fraction of sp³-hybridized carbons (Fsp3) is 0.856. The Morgan fingerprint density at radius 3 is 0.793 bits per heavy atom. The number of alkyl halides is 43. The van der Waals surface area contributed by atoms with Crippen molar-refractivity contribution in [3.8, 4) is 0 Å². The zero-order valence-corrected chi connectivity index (χ0v) is 73.2. The Labute approximate surface area is 772 Å². The first kappa shape index (κ1) is 99.8. The van der Waals surface area contributed by atoms with Gasteiger partial charge in [0.1, 0.15) is 0 Å². The molecule has 47 atom stereocenters. The number of rotatable bonds is 0. The quantitative estimate of drug-likeness (QED) is 0.129. The average Bonchev–Trinajstić information content (AvgIpc) is 1.43. The van der Waals surface area contributed by atoms with Crippen LogP contribution in [0.4, 0.5) is 189 Å². The summed E-state index contributed by atoms with van der Waals surface area (Å²) in [7, 11) is 0. The van der Waals surface area contributed by atoms with E-state index < -0.39 is 275 Å². The van der Waals surface area contributed by atoms with Crippen molar-refractivity contribution < 1.29 is 189 Å². The van der Waals surface area contributed by atoms with Crippen molar-refractivity contribution in [1.82, 2.24) is 0 Å². The van der Waals surface area contributed by atoms with Gasteiger partial charge in [-0.05, 0) is 328 Å². The summed E-state index contributed by atoms with van der Waals surface area (Å²) in [4.78, 5) is 0. The highest BCUT2D eigenvalue weighted by molar-refractivity contribution is 5.36. The van der Waals surface area contributed by atoms with Crippen molar-refractivity contribution in [2.75, 3.05) is 0 Å². The van der Waals surface area contributed by atoms with Crippen LogP contribution in [0.15, 0.2) is 85.1 Å². The van der Waals surface area contributed by atoms with E-state index in [1.165, 1.54) is 19.1 Å². The lowest BCUT2D eigenvalue weighted by Crippen LogP contribution is -2.75. The Morgan fingerprint density at radius 2 is 0.479 bits per heavy atom. The van der Waals surface area contributed by atoms with Crippen molar-refractivity contribution in [2.24, 2.45) is 293 Å². The Hall–Kier alpha value is -4.83. The molecule has 0 heterocycles. The number of hydrogen-bond acceptors (Lipinski definition) is 0. The molecule has 47 unspecified atom stereocenters. The van der Waals surface area contributed by atoms with Gasteiger partial charge >= 0.3 is 86.0 Å². The molecule has 0 aromatic carbocycles. The monoisotopic (exact) mass is 2080 g/mol. The van der Waals surface area contributed by atoms with E-state index in [0.717, 1.165) is 38.5 Å². The molecule has 21 saturated carbocycles. The fourth-order valence-electron chi connectivity index (χ4n) is 41.0. The first-order chi connectivity index (χ1) is 64.1. The van der Waals surface area contributed by atoms with E-state index in [4.69, 9.17) is 0 Å². The number of fused-ring (bicyclic) bond motifs is 63. The number of hydrogen-bond donors (Lipinski definition) is 0. The van der Waals surface area contributed by atoms with Crippen LogP contribution < -0.4 is 0 Å². The smallest absolute Gasteiger partial charge is 0.241 e. The zero-order valence-electron chi connectivity index (χ0n) is 73.2. The van der Waals surface area contributed by atoms with Gasteiger partial charge in [0.05, 0.1) is 23.2 Å². The van der Waals surface area contributed by atoms with E-state index in [1.807, 2.05) is 36.5 Å². The Balaban J connectivity index is 0.0000000947. The summed E-state index contributed by atoms with van der Waals surface area (Å²) in [6, 6.07) is 0. The standard InChI is InChI=1S/C16H12F12.C15H13F9.2C14H14F6.C14H17F3.C12H12F4.C12H13F3/c17-13(18,19)11(14(20,21)22)7-4-8(10-6-2-1-5(3-6)9(7)10)12(11,15(23,24)25)16(26,27)28;16-13(17,18)11-7-4-8(10-6-2-1-5(3-6)9(7)10)12(11,14(19,20)21)15(22,23)24;15-13(16,17)12(14(18,19)20)5-8-4-9(12)11-7-2-1-6(3-7)10(8)11;15-13(16,17)11-7-4-8(12(11)14(18,19)20)10-6-2-1-5(3-6)9(7)10;1-13(14(15,16)17)6-9-5-10(13)12-8-3-2-7(4-8)11(9)12;13-11(14)7-4-8(12(11,15)16)10-6-2-1-5(3-6)9(7)10;13-11-7-4-8(12(11,14)15)10-6-2-1-5(3-6)9(7)10/h1-2,5-10H,3-4H2;1-2,5-11H,3-4H2;1-2,6-11H,3-5H2;1-2,5-12H,3-4H2;2-3,7-12H,4-6H2,1H3;1-2,5-10H,3-4H2;1-2,5-11H,3-4H2. The molecule has 28 rings (SSSR count). The SMILES string of the molecule is CC1(C(F)(F)F)CC2CC1C1C3C=CC(C3)C21.FC(F)(F)C1(C(F)(F)F)C2CC(C3C4C=CC(C4)C32)C1(C(F)(F)F)C(F)(F)F.FC(F)(F)C1(C(F)(F)F)CC2CC1C1C3C=CC(C3)C21.FC(F)(F)C1C2CC(C3C4C=CC(C4)C23)C1(C(F)(F)F)C(F)(F)F.FC(F)(F)C1C2CC(C3C4C=CC(C4)C23)C1C(F)(F)F.FC1(F)C2CC(C3C4C=CC(C4)C32)C1(F)F.FC1C2CC(C3C4C=CC(C4)C23)C1(F)F. The topological polar surface area (TPSA) is 0 Å². The Kier molecular flexibility index (Phi) is 21.1. The van der Waals surface area contributed by atoms with Gasteiger partial charge in [-0.3, -0.25) is 0 Å². The predicted molar refractivity (Wildman–Crippen MR) is 405 cm³/mol. The van der Waals surface area contributed by atoms with Crippen LogP contribution in [-0.2, 0) is 0 Å². The third-order valence-electron chi connectivity index (χ3n) is 44.0. The molecule has 0 saturated heterocycles. The van der Waals surface area contributed by atoms with E-state index in [0.29, 0.717) is 60.7 Å². The second-order valence-corrected chi connectivity index (χ2v) is 47.6. The highest BCUT2D eigenvalue weighted by Crippen LogP contribution is 2.90. The second kappa shape index (κ2) is 29.7. The lowest BCUT2D eigenvalue weighted by molar-refractivity contribution is -0.490. The summed E-state index contributed by atoms with van der Waals surface area (Å²) < 4.78 is 583. The highest BCUT2D eigenvalue weighted by Gasteiger charge is 3.02. The van der Waals surface area contributed by atoms with Crippen molar-refractivity contribution in [2.45, 2.75) is 208 Å². The first-order valence-electron chi connectivity index (χ1n) is 48.4. The summed E-state index contributed by atoms with van der Waals surface area (Å²) in [6.07, 6.45) is -40.2. The van der Waals surface area contributed by atoms with E-state index in [2.05, 4.69) is 24.3 Å². The van der Waals surface area contributed by atoms with Crippen LogP contribution in [0.5, 0.6) is 0 Å². The molecule has 0 aliphatic heterocycles. The lowest BCUT2D eigenvalue weighted by Gasteiger charge is -2.58. The summed E-state index contributed by atoms with van der Waals surface area (Å²) in [5.41, 5.74) is -21.4. The highest BCUT2D eigenvalue weighted by atomic mass is 19.5. The van der Waals surface area contributed by atoms with E-state index in [9.17, 15) is 189 Å². The van der Waals surface area contributed by atoms with Gasteiger partial charge in [0, 0.05) is 23.7 Å². The summed E-state index contributed by atoms with van der Waals surface area (Å²) in [5.74, 6) is -38.4. The van der Waals surface area contributed by atoms with Crippen molar-refractivity contribution in [3.63, 3.8) is 0 Å². The molecule has 0 spiro atoms. The molecule has 28 aliphatic rings. The molecular weight excluding hydrogens is 1980 g/mol. The third-order valence-corrected chi connectivity index (χ3v) is 44.0. The molecule has 0 aromatic heterocycles. The van der Waals surface area contributed by atoms with Gasteiger partial charge in [0.15, 0.2) is 27.8 Å². The summed E-state index contributed by atoms with van der Waals surface area (Å²) >= 11 is 0. The van der Waals surface area contributed by atoms with Gasteiger partial charge in [0.2, 0.25) is 0 Å². The number of halogens is 43. The van der Waals surface area contributed by atoms with Gasteiger partial charge in [-0.25, -0.2) is 13.2 Å². The normalized spacial score (nSPS) is 51.1. The maximum atomic E-state index is 13.9. The van der Waals surface area contributed by atoms with Crippen LogP contribution in [0.3, 0.4) is 0 Å². The molecule has 0 radical (unpaired) electrons. The maximum Gasteiger partial charge on any atom is 0.404 e. The molecule has 28 bridgehead atoms. The molecule has 784 valence electrons. The Morgan fingerprint density at radius 1 is 0.214 bits per heavy atom.